The third kappa shape index (κ3) is 11000. The molecule has 4 nitrogen and oxygen atoms in total. The number of hydrogen-bond acceptors (Lipinski definition) is 2. The van der Waals surface area contributed by atoms with E-state index in [-0.39, 0.29) is 28.0 Å². The van der Waals surface area contributed by atoms with Crippen LogP contribution in [-0.2, 0) is 21.9 Å². The van der Waals surface area contributed by atoms with Crippen LogP contribution in [0.2, 0.25) is 0 Å². The fourth-order valence-electron chi connectivity index (χ4n) is 0. The third-order valence-corrected chi connectivity index (χ3v) is 0. The van der Waals surface area contributed by atoms with E-state index < -0.39 is 5.97 Å². The van der Waals surface area contributed by atoms with Crippen molar-refractivity contribution in [1.29, 1.82) is 0 Å². The van der Waals surface area contributed by atoms with Crippen molar-refractivity contribution in [2.75, 3.05) is 0 Å². The average molecular weight is 150 g/mol. The van der Waals surface area contributed by atoms with Crippen molar-refractivity contribution in [3.8, 4) is 0 Å². The molecular weight excluding hydrogens is 143 g/mol. The summed E-state index contributed by atoms with van der Waals surface area (Å²) >= 11 is 0. The van der Waals surface area contributed by atoms with Crippen molar-refractivity contribution in [2.24, 2.45) is 0 Å². The maximum absolute atomic E-state index is 8.89. The van der Waals surface area contributed by atoms with E-state index in [0.29, 0.717) is 0 Å². The number of carbonyl (C=O) groups excluding carboxylic acids is 1. The minimum Gasteiger partial charge on any atom is -0.550 e. The molecule has 0 radical (unpaired) electrons. The van der Waals surface area contributed by atoms with Gasteiger partial charge in [-0.3, -0.25) is 0 Å². The largest absolute Gasteiger partial charge is 3.00 e. The second-order valence-electron chi connectivity index (χ2n) is 0.492. The molecular formula is C2H7MnO4+2. The maximum atomic E-state index is 8.89. The van der Waals surface area contributed by atoms with Gasteiger partial charge in [0, 0.05) is 5.97 Å². The van der Waals surface area contributed by atoms with Gasteiger partial charge >= 0.3 is 17.1 Å². The number of hydrogen-bond donors (Lipinski definition) is 0. The van der Waals surface area contributed by atoms with Gasteiger partial charge in [-0.15, -0.1) is 0 Å². The number of aliphatic carboxylic acids is 1. The second kappa shape index (κ2) is 16.8. The average Bonchev–Trinajstić information content (AvgIpc) is 0.811. The molecule has 0 aliphatic heterocycles. The van der Waals surface area contributed by atoms with Gasteiger partial charge in [0.15, 0.2) is 0 Å². The van der Waals surface area contributed by atoms with Crippen LogP contribution >= 0.6 is 0 Å². The zero-order chi connectivity index (χ0) is 3.58. The number of carboxylic acids is 1. The number of carbonyl (C=O) groups is 1. The molecule has 5 heteroatoms. The first-order valence-corrected chi connectivity index (χ1v) is 0.908. The monoisotopic (exact) mass is 150 g/mol. The van der Waals surface area contributed by atoms with E-state index in [1.54, 1.807) is 0 Å². The van der Waals surface area contributed by atoms with E-state index in [9.17, 15) is 0 Å². The van der Waals surface area contributed by atoms with Gasteiger partial charge in [0.25, 0.3) is 0 Å². The van der Waals surface area contributed by atoms with Crippen LogP contribution < -0.4 is 5.11 Å². The molecule has 0 unspecified atom stereocenters. The summed E-state index contributed by atoms with van der Waals surface area (Å²) in [5.74, 6) is -1.08. The minimum absolute atomic E-state index is 0. The number of rotatable bonds is 0. The van der Waals surface area contributed by atoms with Crippen LogP contribution in [0.25, 0.3) is 0 Å². The van der Waals surface area contributed by atoms with Crippen LogP contribution in [0.15, 0.2) is 0 Å². The van der Waals surface area contributed by atoms with Crippen molar-refractivity contribution in [3.05, 3.63) is 0 Å². The predicted octanol–water partition coefficient (Wildman–Crippen LogP) is -2.90. The smallest absolute Gasteiger partial charge is 0.550 e. The quantitative estimate of drug-likeness (QED) is 0.345. The van der Waals surface area contributed by atoms with Crippen LogP contribution in [0, 0.1) is 0 Å². The Morgan fingerprint density at radius 2 is 1.43 bits per heavy atom. The van der Waals surface area contributed by atoms with Crippen LogP contribution in [0.3, 0.4) is 0 Å². The van der Waals surface area contributed by atoms with E-state index in [1.165, 1.54) is 0 Å². The van der Waals surface area contributed by atoms with Gasteiger partial charge in [-0.25, -0.2) is 0 Å². The fourth-order valence-corrected chi connectivity index (χ4v) is 0. The molecule has 0 bridgehead atoms. The molecule has 0 aromatic carbocycles. The molecule has 0 saturated heterocycles. The zero-order valence-electron chi connectivity index (χ0n) is 3.69. The van der Waals surface area contributed by atoms with Gasteiger partial charge in [-0.05, 0) is 6.92 Å². The molecule has 0 aliphatic rings. The second-order valence-corrected chi connectivity index (χ2v) is 0.492. The summed E-state index contributed by atoms with van der Waals surface area (Å²) in [6, 6.07) is 0. The Morgan fingerprint density at radius 3 is 1.43 bits per heavy atom. The minimum atomic E-state index is -1.08. The first-order valence-electron chi connectivity index (χ1n) is 0.908. The fraction of sp³-hybridized carbons (Fsp3) is 0.500. The first-order chi connectivity index (χ1) is 1.73. The van der Waals surface area contributed by atoms with Crippen molar-refractivity contribution < 1.29 is 37.9 Å². The van der Waals surface area contributed by atoms with Crippen LogP contribution in [0.1, 0.15) is 6.92 Å². The molecule has 0 atom stereocenters. The van der Waals surface area contributed by atoms with E-state index in [4.69, 9.17) is 9.90 Å². The number of carboxylic acid groups (broad SMARTS) is 1. The van der Waals surface area contributed by atoms with Crippen LogP contribution in [-0.4, -0.2) is 16.9 Å². The Labute approximate surface area is 51.6 Å². The molecule has 7 heavy (non-hydrogen) atoms. The van der Waals surface area contributed by atoms with Gasteiger partial charge in [0.2, 0.25) is 0 Å². The summed E-state index contributed by atoms with van der Waals surface area (Å²) in [5, 5.41) is 8.89. The molecule has 0 saturated carbocycles. The Balaban J connectivity index is -0.0000000150. The van der Waals surface area contributed by atoms with Gasteiger partial charge in [-0.2, -0.15) is 0 Å². The molecule has 0 aromatic rings. The Hall–Kier alpha value is -0.0905. The molecule has 4 N–H and O–H groups in total. The standard InChI is InChI=1S/C2H4O2.Mn.2H2O/c1-2(3)4;;;/h1H3,(H,3,4);;2*1H2/q;+3;;/p-1. The molecule has 0 aliphatic carbocycles. The molecule has 0 heterocycles. The Kier molecular flexibility index (Phi) is 68.5. The van der Waals surface area contributed by atoms with Crippen molar-refractivity contribution >= 4 is 5.97 Å². The van der Waals surface area contributed by atoms with Crippen molar-refractivity contribution in [2.45, 2.75) is 6.92 Å². The molecule has 44 valence electrons. The summed E-state index contributed by atoms with van der Waals surface area (Å²) in [6.07, 6.45) is 0. The van der Waals surface area contributed by atoms with Gasteiger partial charge in [0.05, 0.1) is 0 Å². The SMILES string of the molecule is CC(=O)[O-].O.O.[Mn+3]. The van der Waals surface area contributed by atoms with E-state index >= 15 is 0 Å². The summed E-state index contributed by atoms with van der Waals surface area (Å²) in [6.45, 7) is 0.972. The maximum Gasteiger partial charge on any atom is 3.00 e. The third-order valence-electron chi connectivity index (χ3n) is 0. The summed E-state index contributed by atoms with van der Waals surface area (Å²) in [7, 11) is 0. The predicted molar refractivity (Wildman–Crippen MR) is 17.9 cm³/mol. The van der Waals surface area contributed by atoms with E-state index in [2.05, 4.69) is 0 Å². The summed E-state index contributed by atoms with van der Waals surface area (Å²) in [4.78, 5) is 8.89. The van der Waals surface area contributed by atoms with Crippen molar-refractivity contribution in [1.82, 2.24) is 0 Å². The topological polar surface area (TPSA) is 103 Å². The van der Waals surface area contributed by atoms with Gasteiger partial charge in [0.1, 0.15) is 0 Å². The molecule has 0 amide bonds. The Morgan fingerprint density at radius 1 is 1.43 bits per heavy atom. The summed E-state index contributed by atoms with van der Waals surface area (Å²) < 4.78 is 0. The first kappa shape index (κ1) is 28.5. The van der Waals surface area contributed by atoms with Gasteiger partial charge < -0.3 is 20.9 Å². The molecule has 0 aromatic heterocycles. The normalized spacial score (nSPS) is 3.57. The van der Waals surface area contributed by atoms with E-state index in [1.807, 2.05) is 0 Å². The molecule has 0 fully saturated rings. The Bertz CT molecular complexity index is 32.7. The molecule has 0 spiro atoms. The zero-order valence-corrected chi connectivity index (χ0v) is 4.87. The summed E-state index contributed by atoms with van der Waals surface area (Å²) in [5.41, 5.74) is 0. The molecule has 0 rings (SSSR count). The van der Waals surface area contributed by atoms with E-state index in [0.717, 1.165) is 6.92 Å². The van der Waals surface area contributed by atoms with Crippen LogP contribution in [0.5, 0.6) is 0 Å². The van der Waals surface area contributed by atoms with Crippen LogP contribution in [0.4, 0.5) is 0 Å². The van der Waals surface area contributed by atoms with Crippen molar-refractivity contribution in [3.63, 3.8) is 0 Å². The van der Waals surface area contributed by atoms with Gasteiger partial charge in [-0.1, -0.05) is 0 Å².